The normalized spacial score (nSPS) is 16.2. The second-order valence-electron chi connectivity index (χ2n) is 7.01. The van der Waals surface area contributed by atoms with Gasteiger partial charge in [-0.2, -0.15) is 0 Å². The summed E-state index contributed by atoms with van der Waals surface area (Å²) in [6, 6.07) is 17.2. The topological polar surface area (TPSA) is 71.4 Å². The molecule has 6 nitrogen and oxygen atoms in total. The largest absolute Gasteiger partial charge is 0.347 e. The number of hydrogen-bond acceptors (Lipinski definition) is 3. The molecule has 0 atom stereocenters. The molecule has 3 aromatic rings. The average Bonchev–Trinajstić information content (AvgIpc) is 3.09. The molecule has 4 rings (SSSR count). The lowest BCUT2D eigenvalue weighted by molar-refractivity contribution is -0.116. The molecule has 1 fully saturated rings. The fourth-order valence-electron chi connectivity index (χ4n) is 3.60. The van der Waals surface area contributed by atoms with Crippen LogP contribution in [0.15, 0.2) is 60.8 Å². The lowest BCUT2D eigenvalue weighted by atomic mass is 10.2. The van der Waals surface area contributed by atoms with E-state index in [-0.39, 0.29) is 11.7 Å². The molecule has 0 saturated carbocycles. The molecule has 1 aliphatic rings. The van der Waals surface area contributed by atoms with Crippen molar-refractivity contribution in [2.24, 2.45) is 0 Å². The number of anilines is 2. The van der Waals surface area contributed by atoms with E-state index in [9.17, 15) is 13.2 Å². The number of nitrogens with zero attached hydrogens (tertiary/aromatic N) is 2. The van der Waals surface area contributed by atoms with Gasteiger partial charge in [-0.05, 0) is 48.6 Å². The second-order valence-corrected chi connectivity index (χ2v) is 9.02. The lowest BCUT2D eigenvalue weighted by Gasteiger charge is -2.28. The molecule has 1 N–H and O–H groups in total. The molecule has 1 saturated heterocycles. The summed E-state index contributed by atoms with van der Waals surface area (Å²) in [5.41, 5.74) is 2.32. The predicted octanol–water partition coefficient (Wildman–Crippen LogP) is 3.60. The summed E-state index contributed by atoms with van der Waals surface area (Å²) in [5, 5.41) is 4.04. The maximum Gasteiger partial charge on any atom is 0.235 e. The minimum absolute atomic E-state index is 0.101. The smallest absolute Gasteiger partial charge is 0.235 e. The Balaban J connectivity index is 1.42. The van der Waals surface area contributed by atoms with Gasteiger partial charge in [-0.25, -0.2) is 8.42 Å². The van der Waals surface area contributed by atoms with Crippen LogP contribution in [0.5, 0.6) is 0 Å². The minimum Gasteiger partial charge on any atom is -0.347 e. The lowest BCUT2D eigenvalue weighted by Crippen LogP contribution is -2.37. The zero-order valence-corrected chi connectivity index (χ0v) is 16.4. The third kappa shape index (κ3) is 3.89. The van der Waals surface area contributed by atoms with Gasteiger partial charge in [0, 0.05) is 36.9 Å². The van der Waals surface area contributed by atoms with Gasteiger partial charge >= 0.3 is 0 Å². The van der Waals surface area contributed by atoms with E-state index < -0.39 is 10.0 Å². The summed E-state index contributed by atoms with van der Waals surface area (Å²) >= 11 is 0. The van der Waals surface area contributed by atoms with Crippen molar-refractivity contribution < 1.29 is 13.2 Å². The minimum atomic E-state index is -3.27. The monoisotopic (exact) mass is 397 g/mol. The first-order valence-electron chi connectivity index (χ1n) is 9.47. The highest BCUT2D eigenvalue weighted by Crippen LogP contribution is 2.26. The van der Waals surface area contributed by atoms with Crippen LogP contribution in [0.4, 0.5) is 11.4 Å². The number of amides is 1. The quantitative estimate of drug-likeness (QED) is 0.715. The van der Waals surface area contributed by atoms with E-state index in [0.717, 1.165) is 17.3 Å². The van der Waals surface area contributed by atoms with Crippen LogP contribution >= 0.6 is 0 Å². The Morgan fingerprint density at radius 3 is 2.75 bits per heavy atom. The Morgan fingerprint density at radius 2 is 1.89 bits per heavy atom. The van der Waals surface area contributed by atoms with Crippen molar-refractivity contribution in [1.29, 1.82) is 0 Å². The number of nitrogens with one attached hydrogen (secondary N) is 1. The van der Waals surface area contributed by atoms with E-state index in [2.05, 4.69) is 9.88 Å². The van der Waals surface area contributed by atoms with Gasteiger partial charge in [0.15, 0.2) is 0 Å². The van der Waals surface area contributed by atoms with Gasteiger partial charge in [-0.1, -0.05) is 24.3 Å². The van der Waals surface area contributed by atoms with Gasteiger partial charge in [0.25, 0.3) is 0 Å². The molecule has 1 aliphatic heterocycles. The zero-order valence-electron chi connectivity index (χ0n) is 15.5. The molecule has 2 aromatic carbocycles. The molecule has 7 heteroatoms. The molecular formula is C21H23N3O3S. The van der Waals surface area contributed by atoms with E-state index in [1.165, 1.54) is 4.31 Å². The highest BCUT2D eigenvalue weighted by Gasteiger charge is 2.26. The first-order valence-corrected chi connectivity index (χ1v) is 11.1. The fraction of sp³-hybridized carbons (Fsp3) is 0.286. The number of rotatable bonds is 5. The van der Waals surface area contributed by atoms with Gasteiger partial charge in [-0.15, -0.1) is 0 Å². The number of fused-ring (bicyclic) bond motifs is 1. The number of aryl methyl sites for hydroxylation is 1. The van der Waals surface area contributed by atoms with Crippen LogP contribution in [0.2, 0.25) is 0 Å². The Kier molecular flexibility index (Phi) is 5.09. The number of carbonyl (C=O) groups excluding carboxylic acids is 1. The molecule has 2 heterocycles. The number of benzene rings is 2. The predicted molar refractivity (Wildman–Crippen MR) is 112 cm³/mol. The number of para-hydroxylation sites is 1. The summed E-state index contributed by atoms with van der Waals surface area (Å²) in [6.07, 6.45) is 3.87. The molecule has 0 aliphatic carbocycles. The van der Waals surface area contributed by atoms with Gasteiger partial charge in [0.2, 0.25) is 15.9 Å². The second kappa shape index (κ2) is 7.67. The van der Waals surface area contributed by atoms with Crippen LogP contribution in [-0.2, 0) is 21.4 Å². The molecular weight excluding hydrogens is 374 g/mol. The third-order valence-corrected chi connectivity index (χ3v) is 6.90. The highest BCUT2D eigenvalue weighted by molar-refractivity contribution is 7.92. The van der Waals surface area contributed by atoms with Crippen LogP contribution < -0.4 is 9.62 Å². The maximum atomic E-state index is 12.4. The Morgan fingerprint density at radius 1 is 1.04 bits per heavy atom. The maximum absolute atomic E-state index is 12.4. The summed E-state index contributed by atoms with van der Waals surface area (Å²) in [5.74, 6) is 0.0745. The third-order valence-electron chi connectivity index (χ3n) is 5.03. The molecule has 0 bridgehead atoms. The van der Waals surface area contributed by atoms with E-state index >= 15 is 0 Å². The van der Waals surface area contributed by atoms with Gasteiger partial charge < -0.3 is 9.88 Å². The van der Waals surface area contributed by atoms with Crippen LogP contribution in [0, 0.1) is 0 Å². The molecule has 1 aromatic heterocycles. The van der Waals surface area contributed by atoms with Crippen molar-refractivity contribution in [2.75, 3.05) is 21.9 Å². The number of carbonyl (C=O) groups is 1. The summed E-state index contributed by atoms with van der Waals surface area (Å²) < 4.78 is 28.1. The summed E-state index contributed by atoms with van der Waals surface area (Å²) in [4.78, 5) is 12.4. The SMILES string of the molecule is O=C(CCn1ccc2ccccc21)Nc1cccc(N2CCCCS2(=O)=O)c1. The van der Waals surface area contributed by atoms with Gasteiger partial charge in [0.1, 0.15) is 0 Å². The number of aromatic nitrogens is 1. The first-order chi connectivity index (χ1) is 13.5. The summed E-state index contributed by atoms with van der Waals surface area (Å²) in [6.45, 7) is 1.07. The van der Waals surface area contributed by atoms with Crippen LogP contribution in [0.1, 0.15) is 19.3 Å². The molecule has 146 valence electrons. The van der Waals surface area contributed by atoms with E-state index in [4.69, 9.17) is 0 Å². The zero-order chi connectivity index (χ0) is 19.6. The van der Waals surface area contributed by atoms with Crippen molar-refractivity contribution in [1.82, 2.24) is 4.57 Å². The van der Waals surface area contributed by atoms with Crippen molar-refractivity contribution in [3.63, 3.8) is 0 Å². The Hall–Kier alpha value is -2.80. The van der Waals surface area contributed by atoms with E-state index in [1.807, 2.05) is 36.5 Å². The van der Waals surface area contributed by atoms with Crippen molar-refractivity contribution >= 4 is 38.2 Å². The fourth-order valence-corrected chi connectivity index (χ4v) is 5.23. The summed E-state index contributed by atoms with van der Waals surface area (Å²) in [7, 11) is -3.27. The van der Waals surface area contributed by atoms with Crippen molar-refractivity contribution in [2.45, 2.75) is 25.8 Å². The van der Waals surface area contributed by atoms with Crippen LogP contribution in [0.3, 0.4) is 0 Å². The first kappa shape index (κ1) is 18.6. The Bertz CT molecular complexity index is 1100. The highest BCUT2D eigenvalue weighted by atomic mass is 32.2. The number of hydrogen-bond donors (Lipinski definition) is 1. The molecule has 0 spiro atoms. The molecule has 0 radical (unpaired) electrons. The van der Waals surface area contributed by atoms with Crippen molar-refractivity contribution in [3.8, 4) is 0 Å². The molecule has 28 heavy (non-hydrogen) atoms. The standard InChI is InChI=1S/C21H23N3O3S/c25-21(11-14-23-13-10-17-6-1-2-9-20(17)23)22-18-7-5-8-19(16-18)24-12-3-4-15-28(24,26)27/h1-2,5-10,13,16H,3-4,11-12,14-15H2,(H,22,25). The number of sulfonamides is 1. The van der Waals surface area contributed by atoms with Crippen molar-refractivity contribution in [3.05, 3.63) is 60.8 Å². The van der Waals surface area contributed by atoms with E-state index in [1.54, 1.807) is 24.3 Å². The molecule has 0 unspecified atom stereocenters. The Labute approximate surface area is 164 Å². The average molecular weight is 398 g/mol. The van der Waals surface area contributed by atoms with Crippen LogP contribution in [0.25, 0.3) is 10.9 Å². The van der Waals surface area contributed by atoms with Gasteiger partial charge in [0.05, 0.1) is 11.4 Å². The van der Waals surface area contributed by atoms with E-state index in [0.29, 0.717) is 37.3 Å². The molecule has 1 amide bonds. The van der Waals surface area contributed by atoms with Crippen LogP contribution in [-0.4, -0.2) is 31.2 Å². The van der Waals surface area contributed by atoms with Gasteiger partial charge in [-0.3, -0.25) is 9.10 Å².